The summed E-state index contributed by atoms with van der Waals surface area (Å²) in [7, 11) is 1.53. The van der Waals surface area contributed by atoms with Crippen LogP contribution < -0.4 is 25.5 Å². The minimum absolute atomic E-state index is 0.182. The van der Waals surface area contributed by atoms with Gasteiger partial charge in [-0.05, 0) is 72.6 Å². The van der Waals surface area contributed by atoms with E-state index in [2.05, 4.69) is 37.1 Å². The predicted molar refractivity (Wildman–Crippen MR) is 137 cm³/mol. The molecule has 0 spiro atoms. The van der Waals surface area contributed by atoms with Gasteiger partial charge in [-0.15, -0.1) is 0 Å². The van der Waals surface area contributed by atoms with Crippen molar-refractivity contribution in [2.45, 2.75) is 6.92 Å². The summed E-state index contributed by atoms with van der Waals surface area (Å²) >= 11 is 3.39. The fraction of sp³-hybridized carbons (Fsp3) is 0.120. The molecule has 3 N–H and O–H groups in total. The maximum atomic E-state index is 12.2. The second-order valence-corrected chi connectivity index (χ2v) is 8.17. The Balaban J connectivity index is 1.48. The van der Waals surface area contributed by atoms with Crippen LogP contribution in [0.4, 0.5) is 11.4 Å². The summed E-state index contributed by atoms with van der Waals surface area (Å²) < 4.78 is 11.5. The first kappa shape index (κ1) is 25.4. The van der Waals surface area contributed by atoms with E-state index in [1.165, 1.54) is 13.3 Å². The molecular weight excluding hydrogens is 516 g/mol. The number of benzene rings is 3. The third-order valence-electron chi connectivity index (χ3n) is 4.62. The summed E-state index contributed by atoms with van der Waals surface area (Å²) in [5.74, 6) is -1.02. The maximum Gasteiger partial charge on any atom is 0.329 e. The molecule has 0 radical (unpaired) electrons. The number of methoxy groups -OCH3 is 1. The Labute approximate surface area is 210 Å². The van der Waals surface area contributed by atoms with Gasteiger partial charge in [0.1, 0.15) is 11.5 Å². The highest BCUT2D eigenvalue weighted by Crippen LogP contribution is 2.20. The van der Waals surface area contributed by atoms with Gasteiger partial charge >= 0.3 is 11.8 Å². The van der Waals surface area contributed by atoms with Gasteiger partial charge in [-0.3, -0.25) is 14.4 Å². The van der Waals surface area contributed by atoms with E-state index in [1.54, 1.807) is 54.6 Å². The van der Waals surface area contributed by atoms with Gasteiger partial charge in [0.25, 0.3) is 5.91 Å². The zero-order valence-corrected chi connectivity index (χ0v) is 20.6. The average molecular weight is 539 g/mol. The number of hydrogen-bond acceptors (Lipinski definition) is 6. The number of ether oxygens (including phenoxy) is 2. The zero-order chi connectivity index (χ0) is 25.2. The molecule has 35 heavy (non-hydrogen) atoms. The summed E-state index contributed by atoms with van der Waals surface area (Å²) in [4.78, 5) is 36.2. The van der Waals surface area contributed by atoms with Gasteiger partial charge in [0.15, 0.2) is 6.61 Å². The summed E-state index contributed by atoms with van der Waals surface area (Å²) in [6.07, 6.45) is 1.36. The molecule has 0 aromatic heterocycles. The number of rotatable bonds is 8. The van der Waals surface area contributed by atoms with E-state index in [4.69, 9.17) is 9.47 Å². The third kappa shape index (κ3) is 7.97. The van der Waals surface area contributed by atoms with Crippen LogP contribution in [0, 0.1) is 6.92 Å². The molecule has 0 bridgehead atoms. The molecule has 10 heteroatoms. The minimum atomic E-state index is -0.927. The van der Waals surface area contributed by atoms with Crippen molar-refractivity contribution < 1.29 is 23.9 Å². The molecule has 0 fully saturated rings. The number of carbonyl (C=O) groups excluding carboxylic acids is 3. The Morgan fingerprint density at radius 1 is 0.943 bits per heavy atom. The lowest BCUT2D eigenvalue weighted by Crippen LogP contribution is -2.32. The minimum Gasteiger partial charge on any atom is -0.497 e. The Morgan fingerprint density at radius 3 is 2.43 bits per heavy atom. The molecule has 0 aliphatic rings. The molecule has 3 rings (SSSR count). The molecule has 180 valence electrons. The van der Waals surface area contributed by atoms with Gasteiger partial charge in [-0.1, -0.05) is 28.1 Å². The highest BCUT2D eigenvalue weighted by molar-refractivity contribution is 9.10. The third-order valence-corrected chi connectivity index (χ3v) is 5.12. The molecule has 9 nitrogen and oxygen atoms in total. The predicted octanol–water partition coefficient (Wildman–Crippen LogP) is 3.87. The molecule has 0 heterocycles. The van der Waals surface area contributed by atoms with Crippen molar-refractivity contribution in [3.63, 3.8) is 0 Å². The van der Waals surface area contributed by atoms with Crippen LogP contribution in [0.15, 0.2) is 76.3 Å². The molecular formula is C25H23BrN4O5. The van der Waals surface area contributed by atoms with E-state index < -0.39 is 11.8 Å². The van der Waals surface area contributed by atoms with Crippen LogP contribution in [0.1, 0.15) is 11.1 Å². The van der Waals surface area contributed by atoms with Crippen molar-refractivity contribution in [1.29, 1.82) is 0 Å². The average Bonchev–Trinajstić information content (AvgIpc) is 2.85. The second kappa shape index (κ2) is 12.3. The molecule has 0 atom stereocenters. The van der Waals surface area contributed by atoms with Gasteiger partial charge in [-0.25, -0.2) is 5.43 Å². The number of hydrazone groups is 1. The first-order valence-corrected chi connectivity index (χ1v) is 11.2. The lowest BCUT2D eigenvalue weighted by Gasteiger charge is -2.10. The van der Waals surface area contributed by atoms with Gasteiger partial charge in [0.2, 0.25) is 0 Å². The number of hydrogen-bond donors (Lipinski definition) is 3. The first-order chi connectivity index (χ1) is 16.8. The van der Waals surface area contributed by atoms with E-state index in [0.29, 0.717) is 28.4 Å². The molecule has 0 aliphatic carbocycles. The lowest BCUT2D eigenvalue weighted by atomic mass is 10.2. The number of carbonyl (C=O) groups is 3. The summed E-state index contributed by atoms with van der Waals surface area (Å²) in [5.41, 5.74) is 4.83. The molecule has 0 unspecified atom stereocenters. The van der Waals surface area contributed by atoms with Crippen molar-refractivity contribution in [3.05, 3.63) is 82.3 Å². The second-order valence-electron chi connectivity index (χ2n) is 7.25. The van der Waals surface area contributed by atoms with E-state index in [1.807, 2.05) is 19.1 Å². The summed E-state index contributed by atoms with van der Waals surface area (Å²) in [6.45, 7) is 1.71. The summed E-state index contributed by atoms with van der Waals surface area (Å²) in [6, 6.07) is 18.9. The normalized spacial score (nSPS) is 10.5. The monoisotopic (exact) mass is 538 g/mol. The SMILES string of the molecule is COc1ccc(NC(=O)C(=O)N/N=C\c2cccc(OCC(=O)Nc3ccc(Br)cc3C)c2)cc1. The Morgan fingerprint density at radius 2 is 1.71 bits per heavy atom. The molecule has 0 saturated carbocycles. The van der Waals surface area contributed by atoms with Crippen molar-refractivity contribution in [2.75, 3.05) is 24.4 Å². The van der Waals surface area contributed by atoms with Crippen molar-refractivity contribution in [3.8, 4) is 11.5 Å². The molecule has 3 aromatic rings. The van der Waals surface area contributed by atoms with Crippen LogP contribution in [0.25, 0.3) is 0 Å². The van der Waals surface area contributed by atoms with Crippen LogP contribution in [-0.4, -0.2) is 37.7 Å². The van der Waals surface area contributed by atoms with E-state index in [-0.39, 0.29) is 12.5 Å². The van der Waals surface area contributed by atoms with Gasteiger partial charge in [-0.2, -0.15) is 5.10 Å². The first-order valence-electron chi connectivity index (χ1n) is 10.4. The number of nitrogens with zero attached hydrogens (tertiary/aromatic N) is 1. The standard InChI is InChI=1S/C25H23BrN4O5/c1-16-12-18(26)6-11-22(16)29-23(31)15-35-21-5-3-4-17(13-21)14-27-30-25(33)24(32)28-19-7-9-20(34-2)10-8-19/h3-14H,15H2,1-2H3,(H,28,32)(H,29,31)(H,30,33)/b27-14-. The smallest absolute Gasteiger partial charge is 0.329 e. The van der Waals surface area contributed by atoms with E-state index in [9.17, 15) is 14.4 Å². The largest absolute Gasteiger partial charge is 0.497 e. The highest BCUT2D eigenvalue weighted by atomic mass is 79.9. The van der Waals surface area contributed by atoms with Crippen LogP contribution in [0.2, 0.25) is 0 Å². The molecule has 0 aliphatic heterocycles. The Hall–Kier alpha value is -4.18. The van der Waals surface area contributed by atoms with Gasteiger partial charge in [0.05, 0.1) is 13.3 Å². The maximum absolute atomic E-state index is 12.2. The van der Waals surface area contributed by atoms with Crippen LogP contribution in [-0.2, 0) is 14.4 Å². The zero-order valence-electron chi connectivity index (χ0n) is 19.0. The van der Waals surface area contributed by atoms with Gasteiger partial charge in [0, 0.05) is 15.8 Å². The number of nitrogens with one attached hydrogen (secondary N) is 3. The number of amides is 3. The quantitative estimate of drug-likeness (QED) is 0.228. The Kier molecular flexibility index (Phi) is 8.96. The van der Waals surface area contributed by atoms with E-state index in [0.717, 1.165) is 10.0 Å². The van der Waals surface area contributed by atoms with Crippen LogP contribution >= 0.6 is 15.9 Å². The van der Waals surface area contributed by atoms with Crippen LogP contribution in [0.3, 0.4) is 0 Å². The fourth-order valence-electron chi connectivity index (χ4n) is 2.87. The van der Waals surface area contributed by atoms with Gasteiger partial charge < -0.3 is 20.1 Å². The van der Waals surface area contributed by atoms with Crippen LogP contribution in [0.5, 0.6) is 11.5 Å². The fourth-order valence-corrected chi connectivity index (χ4v) is 3.34. The number of aryl methyl sites for hydroxylation is 1. The molecule has 0 saturated heterocycles. The lowest BCUT2D eigenvalue weighted by molar-refractivity contribution is -0.136. The molecule has 3 aromatic carbocycles. The number of halogens is 1. The van der Waals surface area contributed by atoms with Crippen molar-refractivity contribution in [2.24, 2.45) is 5.10 Å². The highest BCUT2D eigenvalue weighted by Gasteiger charge is 2.13. The molecule has 3 amide bonds. The summed E-state index contributed by atoms with van der Waals surface area (Å²) in [5, 5.41) is 9.06. The van der Waals surface area contributed by atoms with Crippen molar-refractivity contribution in [1.82, 2.24) is 5.43 Å². The topological polar surface area (TPSA) is 118 Å². The Bertz CT molecular complexity index is 1240. The van der Waals surface area contributed by atoms with E-state index >= 15 is 0 Å². The number of anilines is 2. The van der Waals surface area contributed by atoms with Crippen molar-refractivity contribution >= 4 is 51.2 Å².